The van der Waals surface area contributed by atoms with Gasteiger partial charge in [0.2, 0.25) is 9.84 Å². The number of sulfone groups is 1. The summed E-state index contributed by atoms with van der Waals surface area (Å²) in [5.74, 6) is -5.14. The Balaban J connectivity index is 2.24. The van der Waals surface area contributed by atoms with E-state index >= 15 is 0 Å². The highest BCUT2D eigenvalue weighted by Gasteiger charge is 2.31. The lowest BCUT2D eigenvalue weighted by atomic mass is 10.2. The number of anilines is 1. The molecule has 0 unspecified atom stereocenters. The third-order valence-corrected chi connectivity index (χ3v) is 4.46. The van der Waals surface area contributed by atoms with Gasteiger partial charge in [-0.15, -0.1) is 13.2 Å². The highest BCUT2D eigenvalue weighted by atomic mass is 32.2. The summed E-state index contributed by atoms with van der Waals surface area (Å²) in [5.41, 5.74) is -0.516. The Morgan fingerprint density at radius 3 is 2.12 bits per heavy atom. The molecular formula is C15H10F5NO4S. The molecule has 1 amide bonds. The van der Waals surface area contributed by atoms with Crippen LogP contribution in [0.2, 0.25) is 0 Å². The van der Waals surface area contributed by atoms with Crippen LogP contribution < -0.4 is 10.1 Å². The van der Waals surface area contributed by atoms with Crippen LogP contribution in [0, 0.1) is 0 Å². The van der Waals surface area contributed by atoms with Crippen molar-refractivity contribution < 1.29 is 39.9 Å². The molecule has 1 N–H and O–H groups in total. The van der Waals surface area contributed by atoms with E-state index in [9.17, 15) is 35.2 Å². The van der Waals surface area contributed by atoms with Gasteiger partial charge < -0.3 is 10.1 Å². The van der Waals surface area contributed by atoms with E-state index in [-0.39, 0.29) is 11.3 Å². The Labute approximate surface area is 144 Å². The third kappa shape index (κ3) is 4.69. The molecule has 0 aromatic heterocycles. The number of para-hydroxylation sites is 1. The van der Waals surface area contributed by atoms with Crippen LogP contribution in [0.4, 0.5) is 27.6 Å². The number of carbonyl (C=O) groups excluding carboxylic acids is 1. The summed E-state index contributed by atoms with van der Waals surface area (Å²) in [4.78, 5) is 11.3. The molecule has 5 nitrogen and oxygen atoms in total. The van der Waals surface area contributed by atoms with Crippen molar-refractivity contribution in [3.8, 4) is 5.75 Å². The van der Waals surface area contributed by atoms with Crippen molar-refractivity contribution in [2.75, 3.05) is 5.32 Å². The van der Waals surface area contributed by atoms with Gasteiger partial charge in [0.25, 0.3) is 5.91 Å². The molecule has 0 aliphatic carbocycles. The summed E-state index contributed by atoms with van der Waals surface area (Å²) in [7, 11) is -4.96. The van der Waals surface area contributed by atoms with Crippen LogP contribution in [-0.2, 0) is 9.84 Å². The Morgan fingerprint density at radius 1 is 1.00 bits per heavy atom. The standard InChI is InChI=1S/C15H10F5NO4S/c16-14(17)26(23,24)12-4-2-1-3-11(12)21-13(22)9-5-7-10(8-6-9)25-15(18,19)20/h1-8,14H,(H,21,22). The van der Waals surface area contributed by atoms with Gasteiger partial charge in [0.05, 0.1) is 10.6 Å². The molecule has 0 aliphatic rings. The molecule has 2 aromatic rings. The van der Waals surface area contributed by atoms with Gasteiger partial charge in [-0.3, -0.25) is 4.79 Å². The number of alkyl halides is 5. The van der Waals surface area contributed by atoms with Crippen LogP contribution in [0.1, 0.15) is 10.4 Å². The van der Waals surface area contributed by atoms with Gasteiger partial charge >= 0.3 is 12.1 Å². The molecule has 0 saturated carbocycles. The highest BCUT2D eigenvalue weighted by molar-refractivity contribution is 7.91. The van der Waals surface area contributed by atoms with Crippen molar-refractivity contribution in [2.45, 2.75) is 17.0 Å². The Morgan fingerprint density at radius 2 is 1.58 bits per heavy atom. The molecule has 0 aliphatic heterocycles. The Bertz CT molecular complexity index is 895. The van der Waals surface area contributed by atoms with Crippen LogP contribution in [0.3, 0.4) is 0 Å². The minimum Gasteiger partial charge on any atom is -0.406 e. The lowest BCUT2D eigenvalue weighted by Crippen LogP contribution is -2.18. The molecule has 0 heterocycles. The first-order chi connectivity index (χ1) is 12.0. The number of nitrogens with one attached hydrogen (secondary N) is 1. The van der Waals surface area contributed by atoms with Crippen LogP contribution in [0.25, 0.3) is 0 Å². The second-order valence-electron chi connectivity index (χ2n) is 4.83. The van der Waals surface area contributed by atoms with E-state index in [4.69, 9.17) is 0 Å². The molecule has 0 bridgehead atoms. The van der Waals surface area contributed by atoms with Gasteiger partial charge in [0, 0.05) is 5.56 Å². The topological polar surface area (TPSA) is 72.5 Å². The third-order valence-electron chi connectivity index (χ3n) is 3.03. The fraction of sp³-hybridized carbons (Fsp3) is 0.133. The average Bonchev–Trinajstić information content (AvgIpc) is 2.54. The first-order valence-electron chi connectivity index (χ1n) is 6.79. The van der Waals surface area contributed by atoms with Gasteiger partial charge in [-0.1, -0.05) is 12.1 Å². The molecule has 2 rings (SSSR count). The summed E-state index contributed by atoms with van der Waals surface area (Å²) >= 11 is 0. The van der Waals surface area contributed by atoms with Gasteiger partial charge in [-0.05, 0) is 36.4 Å². The smallest absolute Gasteiger partial charge is 0.406 e. The van der Waals surface area contributed by atoms with Crippen molar-refractivity contribution in [3.05, 3.63) is 54.1 Å². The monoisotopic (exact) mass is 395 g/mol. The SMILES string of the molecule is O=C(Nc1ccccc1S(=O)(=O)C(F)F)c1ccc(OC(F)(F)F)cc1. The number of amides is 1. The van der Waals surface area contributed by atoms with Crippen molar-refractivity contribution in [3.63, 3.8) is 0 Å². The number of carbonyl (C=O) groups is 1. The number of ether oxygens (including phenoxy) is 1. The van der Waals surface area contributed by atoms with Gasteiger partial charge in [-0.2, -0.15) is 8.78 Å². The molecule has 0 spiro atoms. The fourth-order valence-electron chi connectivity index (χ4n) is 1.92. The minimum atomic E-state index is -4.96. The van der Waals surface area contributed by atoms with Crippen LogP contribution in [0.5, 0.6) is 5.75 Å². The maximum Gasteiger partial charge on any atom is 0.573 e. The van der Waals surface area contributed by atoms with Crippen molar-refractivity contribution >= 4 is 21.4 Å². The van der Waals surface area contributed by atoms with E-state index in [0.29, 0.717) is 0 Å². The van der Waals surface area contributed by atoms with Crippen LogP contribution in [0.15, 0.2) is 53.4 Å². The predicted molar refractivity (Wildman–Crippen MR) is 80.7 cm³/mol. The number of hydrogen-bond donors (Lipinski definition) is 1. The number of benzene rings is 2. The molecule has 0 atom stereocenters. The van der Waals surface area contributed by atoms with Crippen molar-refractivity contribution in [1.82, 2.24) is 0 Å². The lowest BCUT2D eigenvalue weighted by molar-refractivity contribution is -0.274. The molecule has 0 radical (unpaired) electrons. The molecule has 26 heavy (non-hydrogen) atoms. The maximum atomic E-state index is 12.7. The molecule has 0 fully saturated rings. The van der Waals surface area contributed by atoms with Crippen molar-refractivity contribution in [2.24, 2.45) is 0 Å². The summed E-state index contributed by atoms with van der Waals surface area (Å²) < 4.78 is 88.6. The molecule has 11 heteroatoms. The predicted octanol–water partition coefficient (Wildman–Crippen LogP) is 3.83. The number of hydrogen-bond acceptors (Lipinski definition) is 4. The van der Waals surface area contributed by atoms with E-state index < -0.39 is 38.5 Å². The fourth-order valence-corrected chi connectivity index (χ4v) is 2.80. The molecule has 140 valence electrons. The average molecular weight is 395 g/mol. The number of halogens is 5. The quantitative estimate of drug-likeness (QED) is 0.781. The molecule has 0 saturated heterocycles. The summed E-state index contributed by atoms with van der Waals surface area (Å²) in [6.07, 6.45) is -4.90. The highest BCUT2D eigenvalue weighted by Crippen LogP contribution is 2.27. The van der Waals surface area contributed by atoms with Crippen LogP contribution in [-0.4, -0.2) is 26.4 Å². The first kappa shape index (κ1) is 19.6. The van der Waals surface area contributed by atoms with E-state index in [1.54, 1.807) is 0 Å². The zero-order valence-electron chi connectivity index (χ0n) is 12.6. The van der Waals surface area contributed by atoms with Crippen LogP contribution >= 0.6 is 0 Å². The second kappa shape index (κ2) is 7.28. The van der Waals surface area contributed by atoms with Gasteiger partial charge in [0.1, 0.15) is 5.75 Å². The number of rotatable bonds is 5. The summed E-state index contributed by atoms with van der Waals surface area (Å²) in [6.45, 7) is 0. The van der Waals surface area contributed by atoms with Gasteiger partial charge in [0.15, 0.2) is 0 Å². The van der Waals surface area contributed by atoms with E-state index in [1.165, 1.54) is 12.1 Å². The Hall–Kier alpha value is -2.69. The van der Waals surface area contributed by atoms with E-state index in [1.807, 2.05) is 0 Å². The summed E-state index contributed by atoms with van der Waals surface area (Å²) in [6, 6.07) is 8.29. The van der Waals surface area contributed by atoms with E-state index in [2.05, 4.69) is 10.1 Å². The zero-order chi connectivity index (χ0) is 19.5. The lowest BCUT2D eigenvalue weighted by Gasteiger charge is -2.12. The summed E-state index contributed by atoms with van der Waals surface area (Å²) in [5, 5.41) is 2.14. The minimum absolute atomic E-state index is 0.135. The van der Waals surface area contributed by atoms with Gasteiger partial charge in [-0.25, -0.2) is 8.42 Å². The maximum absolute atomic E-state index is 12.7. The van der Waals surface area contributed by atoms with E-state index in [0.717, 1.165) is 36.4 Å². The second-order valence-corrected chi connectivity index (χ2v) is 6.71. The normalized spacial score (nSPS) is 12.1. The molecule has 2 aromatic carbocycles. The zero-order valence-corrected chi connectivity index (χ0v) is 13.4. The van der Waals surface area contributed by atoms with Crippen molar-refractivity contribution in [1.29, 1.82) is 0 Å². The largest absolute Gasteiger partial charge is 0.573 e. The Kier molecular flexibility index (Phi) is 5.50. The molecular weight excluding hydrogens is 385 g/mol. The first-order valence-corrected chi connectivity index (χ1v) is 8.33.